The maximum absolute atomic E-state index is 11.1. The lowest BCUT2D eigenvalue weighted by Gasteiger charge is -2.03. The summed E-state index contributed by atoms with van der Waals surface area (Å²) in [7, 11) is 0. The van der Waals surface area contributed by atoms with Gasteiger partial charge in [0.1, 0.15) is 12.4 Å². The smallest absolute Gasteiger partial charge is 0.254 e. The summed E-state index contributed by atoms with van der Waals surface area (Å²) in [6, 6.07) is 5.28. The van der Waals surface area contributed by atoms with Gasteiger partial charge < -0.3 is 9.72 Å². The van der Waals surface area contributed by atoms with Crippen molar-refractivity contribution in [3.8, 4) is 5.88 Å². The van der Waals surface area contributed by atoms with Crippen LogP contribution in [-0.4, -0.2) is 9.97 Å². The van der Waals surface area contributed by atoms with Crippen molar-refractivity contribution < 1.29 is 4.74 Å². The number of aromatic nitrogens is 2. The van der Waals surface area contributed by atoms with E-state index >= 15 is 0 Å². The van der Waals surface area contributed by atoms with E-state index in [1.807, 2.05) is 17.5 Å². The van der Waals surface area contributed by atoms with Crippen molar-refractivity contribution in [2.24, 2.45) is 0 Å². The van der Waals surface area contributed by atoms with Crippen LogP contribution < -0.4 is 10.3 Å². The molecule has 0 saturated heterocycles. The summed E-state index contributed by atoms with van der Waals surface area (Å²) in [5.41, 5.74) is -0.191. The molecule has 0 atom stereocenters. The number of ether oxygens (including phenoxy) is 1. The number of hydrogen-bond acceptors (Lipinski definition) is 4. The van der Waals surface area contributed by atoms with Gasteiger partial charge in [0, 0.05) is 4.88 Å². The molecule has 15 heavy (non-hydrogen) atoms. The lowest BCUT2D eigenvalue weighted by atomic mass is 10.5. The topological polar surface area (TPSA) is 55.0 Å². The van der Waals surface area contributed by atoms with Crippen molar-refractivity contribution in [3.63, 3.8) is 0 Å². The molecule has 0 aliphatic rings. The minimum absolute atomic E-state index is 0.191. The lowest BCUT2D eigenvalue weighted by molar-refractivity contribution is 0.295. The van der Waals surface area contributed by atoms with Crippen LogP contribution in [0.5, 0.6) is 5.88 Å². The van der Waals surface area contributed by atoms with Gasteiger partial charge in [0.05, 0.1) is 6.07 Å². The molecular weight excluding hydrogens is 212 g/mol. The van der Waals surface area contributed by atoms with Crippen molar-refractivity contribution in [2.45, 2.75) is 13.5 Å². The number of aromatic amines is 1. The summed E-state index contributed by atoms with van der Waals surface area (Å²) in [6.07, 6.45) is 0. The number of aryl methyl sites for hydroxylation is 1. The van der Waals surface area contributed by atoms with Gasteiger partial charge in [-0.1, -0.05) is 6.07 Å². The number of thiophene rings is 1. The van der Waals surface area contributed by atoms with E-state index in [0.29, 0.717) is 18.3 Å². The van der Waals surface area contributed by atoms with Crippen LogP contribution in [0.3, 0.4) is 0 Å². The Labute approximate surface area is 90.6 Å². The van der Waals surface area contributed by atoms with Crippen LogP contribution in [0.1, 0.15) is 10.7 Å². The third-order valence-corrected chi connectivity index (χ3v) is 2.63. The fourth-order valence-corrected chi connectivity index (χ4v) is 1.78. The summed E-state index contributed by atoms with van der Waals surface area (Å²) < 4.78 is 5.39. The summed E-state index contributed by atoms with van der Waals surface area (Å²) in [5.74, 6) is 0.924. The summed E-state index contributed by atoms with van der Waals surface area (Å²) >= 11 is 1.61. The molecule has 0 radical (unpaired) electrons. The minimum atomic E-state index is -0.191. The highest BCUT2D eigenvalue weighted by atomic mass is 32.1. The highest BCUT2D eigenvalue weighted by Crippen LogP contribution is 2.11. The predicted molar refractivity (Wildman–Crippen MR) is 58.2 cm³/mol. The van der Waals surface area contributed by atoms with Crippen LogP contribution in [-0.2, 0) is 6.61 Å². The monoisotopic (exact) mass is 222 g/mol. The van der Waals surface area contributed by atoms with Crippen LogP contribution in [0, 0.1) is 6.92 Å². The highest BCUT2D eigenvalue weighted by Gasteiger charge is 2.00. The highest BCUT2D eigenvalue weighted by molar-refractivity contribution is 7.09. The van der Waals surface area contributed by atoms with Crippen LogP contribution in [0.15, 0.2) is 28.4 Å². The van der Waals surface area contributed by atoms with E-state index in [0.717, 1.165) is 4.88 Å². The zero-order valence-corrected chi connectivity index (χ0v) is 9.00. The molecule has 4 nitrogen and oxygen atoms in total. The van der Waals surface area contributed by atoms with Gasteiger partial charge in [-0.3, -0.25) is 4.79 Å². The number of nitrogens with one attached hydrogen (secondary N) is 1. The average Bonchev–Trinajstić information content (AvgIpc) is 2.65. The van der Waals surface area contributed by atoms with Crippen molar-refractivity contribution in [1.82, 2.24) is 9.97 Å². The average molecular weight is 222 g/mol. The second-order valence-corrected chi connectivity index (χ2v) is 4.07. The Morgan fingerprint density at radius 1 is 1.60 bits per heavy atom. The molecule has 2 heterocycles. The Kier molecular flexibility index (Phi) is 2.82. The van der Waals surface area contributed by atoms with Gasteiger partial charge in [-0.2, -0.15) is 0 Å². The largest absolute Gasteiger partial charge is 0.472 e. The summed E-state index contributed by atoms with van der Waals surface area (Å²) in [5, 5.41) is 1.98. The fraction of sp³-hybridized carbons (Fsp3) is 0.200. The van der Waals surface area contributed by atoms with Gasteiger partial charge in [-0.15, -0.1) is 11.3 Å². The minimum Gasteiger partial charge on any atom is -0.472 e. The molecule has 0 amide bonds. The van der Waals surface area contributed by atoms with Gasteiger partial charge in [-0.05, 0) is 18.4 Å². The second-order valence-electron chi connectivity index (χ2n) is 3.04. The quantitative estimate of drug-likeness (QED) is 0.860. The number of H-pyrrole nitrogens is 1. The molecule has 2 aromatic heterocycles. The molecule has 78 valence electrons. The molecule has 0 bridgehead atoms. The third-order valence-electron chi connectivity index (χ3n) is 1.78. The first-order chi connectivity index (χ1) is 7.24. The van der Waals surface area contributed by atoms with Crippen LogP contribution in [0.25, 0.3) is 0 Å². The molecule has 2 aromatic rings. The van der Waals surface area contributed by atoms with E-state index in [4.69, 9.17) is 4.74 Å². The van der Waals surface area contributed by atoms with E-state index in [2.05, 4.69) is 9.97 Å². The second kappa shape index (κ2) is 4.27. The Bertz CT molecular complexity index is 490. The van der Waals surface area contributed by atoms with E-state index in [1.54, 1.807) is 18.3 Å². The first-order valence-electron chi connectivity index (χ1n) is 4.47. The maximum Gasteiger partial charge on any atom is 0.254 e. The molecule has 0 saturated carbocycles. The van der Waals surface area contributed by atoms with Crippen molar-refractivity contribution >= 4 is 11.3 Å². The van der Waals surface area contributed by atoms with E-state index in [-0.39, 0.29) is 5.56 Å². The first-order valence-corrected chi connectivity index (χ1v) is 5.35. The zero-order valence-electron chi connectivity index (χ0n) is 8.19. The van der Waals surface area contributed by atoms with Crippen molar-refractivity contribution in [1.29, 1.82) is 0 Å². The van der Waals surface area contributed by atoms with Crippen LogP contribution in [0.4, 0.5) is 0 Å². The van der Waals surface area contributed by atoms with Gasteiger partial charge in [-0.25, -0.2) is 4.98 Å². The molecule has 0 aliphatic carbocycles. The third kappa shape index (κ3) is 2.66. The Morgan fingerprint density at radius 3 is 3.13 bits per heavy atom. The first kappa shape index (κ1) is 9.92. The molecule has 5 heteroatoms. The number of nitrogens with zero attached hydrogens (tertiary/aromatic N) is 1. The van der Waals surface area contributed by atoms with Gasteiger partial charge >= 0.3 is 0 Å². The van der Waals surface area contributed by atoms with Gasteiger partial charge in [0.2, 0.25) is 5.88 Å². The molecule has 2 rings (SSSR count). The van der Waals surface area contributed by atoms with Gasteiger partial charge in [0.15, 0.2) is 0 Å². The molecule has 0 unspecified atom stereocenters. The standard InChI is InChI=1S/C10H10N2O2S/c1-7-11-9(13)5-10(12-7)14-6-8-3-2-4-15-8/h2-5H,6H2,1H3,(H,11,12,13). The molecule has 0 aliphatic heterocycles. The van der Waals surface area contributed by atoms with Crippen LogP contribution >= 0.6 is 11.3 Å². The number of hydrogen-bond donors (Lipinski definition) is 1. The van der Waals surface area contributed by atoms with E-state index < -0.39 is 0 Å². The SMILES string of the molecule is Cc1nc(OCc2cccs2)cc(=O)[nH]1. The van der Waals surface area contributed by atoms with Crippen molar-refractivity contribution in [3.05, 3.63) is 44.6 Å². The van der Waals surface area contributed by atoms with Crippen LogP contribution in [0.2, 0.25) is 0 Å². The molecule has 0 aromatic carbocycles. The maximum atomic E-state index is 11.1. The molecular formula is C10H10N2O2S. The molecule has 1 N–H and O–H groups in total. The Balaban J connectivity index is 2.08. The Hall–Kier alpha value is -1.62. The summed E-state index contributed by atoms with van der Waals surface area (Å²) in [6.45, 7) is 2.17. The van der Waals surface area contributed by atoms with E-state index in [9.17, 15) is 4.79 Å². The molecule has 0 spiro atoms. The zero-order chi connectivity index (χ0) is 10.7. The van der Waals surface area contributed by atoms with Gasteiger partial charge in [0.25, 0.3) is 5.56 Å². The normalized spacial score (nSPS) is 10.2. The lowest BCUT2D eigenvalue weighted by Crippen LogP contribution is -2.09. The van der Waals surface area contributed by atoms with Crippen molar-refractivity contribution in [2.75, 3.05) is 0 Å². The molecule has 0 fully saturated rings. The van der Waals surface area contributed by atoms with E-state index in [1.165, 1.54) is 6.07 Å². The summed E-state index contributed by atoms with van der Waals surface area (Å²) in [4.78, 5) is 18.8. The fourth-order valence-electron chi connectivity index (χ4n) is 1.17. The predicted octanol–water partition coefficient (Wildman–Crippen LogP) is 1.72. The Morgan fingerprint density at radius 2 is 2.47 bits per heavy atom. The number of rotatable bonds is 3.